The van der Waals surface area contributed by atoms with Crippen LogP contribution in [-0.2, 0) is 0 Å². The van der Waals surface area contributed by atoms with Gasteiger partial charge in [0.2, 0.25) is 0 Å². The number of hydrogen-bond acceptors (Lipinski definition) is 0. The minimum atomic E-state index is 0.722. The third-order valence-corrected chi connectivity index (χ3v) is 3.37. The first kappa shape index (κ1) is 11.5. The van der Waals surface area contributed by atoms with E-state index >= 15 is 0 Å². The van der Waals surface area contributed by atoms with Gasteiger partial charge in [-0.2, -0.15) is 0 Å². The largest absolute Gasteiger partial charge is 0.0843 e. The second-order valence-corrected chi connectivity index (χ2v) is 4.71. The molecule has 0 bridgehead atoms. The van der Waals surface area contributed by atoms with Crippen molar-refractivity contribution in [1.29, 1.82) is 0 Å². The summed E-state index contributed by atoms with van der Waals surface area (Å²) in [5.41, 5.74) is 4.35. The summed E-state index contributed by atoms with van der Waals surface area (Å²) in [6.45, 7) is 4.04. The highest BCUT2D eigenvalue weighted by Gasteiger charge is 2.09. The maximum absolute atomic E-state index is 6.31. The van der Waals surface area contributed by atoms with Crippen LogP contribution in [0.5, 0.6) is 0 Å². The molecule has 0 saturated heterocycles. The maximum Gasteiger partial charge on any atom is 0.0514 e. The summed E-state index contributed by atoms with van der Waals surface area (Å²) in [6, 6.07) is 12.0. The van der Waals surface area contributed by atoms with Crippen molar-refractivity contribution < 1.29 is 0 Å². The lowest BCUT2D eigenvalue weighted by atomic mass is 9.99. The van der Waals surface area contributed by atoms with Gasteiger partial charge in [0, 0.05) is 10.6 Å². The Morgan fingerprint density at radius 2 is 1.50 bits per heavy atom. The number of benzene rings is 2. The van der Waals surface area contributed by atoms with Crippen molar-refractivity contribution in [3.63, 3.8) is 0 Å². The van der Waals surface area contributed by atoms with E-state index in [0.717, 1.165) is 26.7 Å². The van der Waals surface area contributed by atoms with Gasteiger partial charge in [0.15, 0.2) is 0 Å². The molecule has 2 aromatic rings. The third kappa shape index (κ3) is 2.09. The highest BCUT2D eigenvalue weighted by molar-refractivity contribution is 6.36. The molecule has 0 aromatic heterocycles. The maximum atomic E-state index is 6.31. The molecule has 82 valence electrons. The van der Waals surface area contributed by atoms with Crippen LogP contribution in [-0.4, -0.2) is 0 Å². The average molecular weight is 251 g/mol. The van der Waals surface area contributed by atoms with Crippen LogP contribution in [0.4, 0.5) is 0 Å². The zero-order valence-electron chi connectivity index (χ0n) is 9.22. The standard InChI is InChI=1S/C14H12Cl2/c1-9-5-3-4-6-12(9)13-8-11(15)7-10(2)14(13)16/h3-8H,1-2H3. The highest BCUT2D eigenvalue weighted by atomic mass is 35.5. The fraction of sp³-hybridized carbons (Fsp3) is 0.143. The van der Waals surface area contributed by atoms with Crippen LogP contribution >= 0.6 is 23.2 Å². The van der Waals surface area contributed by atoms with Gasteiger partial charge in [0.1, 0.15) is 0 Å². The van der Waals surface area contributed by atoms with Crippen molar-refractivity contribution >= 4 is 23.2 Å². The summed E-state index contributed by atoms with van der Waals surface area (Å²) in [5, 5.41) is 1.50. The van der Waals surface area contributed by atoms with E-state index in [0.29, 0.717) is 0 Å². The fourth-order valence-corrected chi connectivity index (χ4v) is 2.28. The Bertz CT molecular complexity index is 530. The van der Waals surface area contributed by atoms with E-state index in [1.165, 1.54) is 5.56 Å². The molecule has 2 heteroatoms. The third-order valence-electron chi connectivity index (χ3n) is 2.65. The Morgan fingerprint density at radius 3 is 2.19 bits per heavy atom. The molecule has 16 heavy (non-hydrogen) atoms. The Labute approximate surface area is 106 Å². The van der Waals surface area contributed by atoms with E-state index in [1.54, 1.807) is 0 Å². The van der Waals surface area contributed by atoms with Gasteiger partial charge >= 0.3 is 0 Å². The molecular formula is C14H12Cl2. The molecule has 0 saturated carbocycles. The van der Waals surface area contributed by atoms with Gasteiger partial charge in [-0.1, -0.05) is 47.5 Å². The smallest absolute Gasteiger partial charge is 0.0514 e. The topological polar surface area (TPSA) is 0 Å². The molecule has 0 aliphatic rings. The minimum Gasteiger partial charge on any atom is -0.0843 e. The number of aryl methyl sites for hydroxylation is 2. The molecule has 0 aliphatic heterocycles. The first-order chi connectivity index (χ1) is 7.59. The lowest BCUT2D eigenvalue weighted by Crippen LogP contribution is -1.86. The van der Waals surface area contributed by atoms with Crippen LogP contribution in [0.3, 0.4) is 0 Å². The van der Waals surface area contributed by atoms with Crippen molar-refractivity contribution in [3.05, 3.63) is 57.6 Å². The molecule has 0 unspecified atom stereocenters. The van der Waals surface area contributed by atoms with E-state index in [-0.39, 0.29) is 0 Å². The summed E-state index contributed by atoms with van der Waals surface area (Å²) in [7, 11) is 0. The summed E-state index contributed by atoms with van der Waals surface area (Å²) >= 11 is 12.4. The van der Waals surface area contributed by atoms with Crippen molar-refractivity contribution in [2.45, 2.75) is 13.8 Å². The lowest BCUT2D eigenvalue weighted by Gasteiger charge is -2.10. The molecule has 0 aliphatic carbocycles. The summed E-state index contributed by atoms with van der Waals surface area (Å²) in [5.74, 6) is 0. The van der Waals surface area contributed by atoms with Crippen LogP contribution in [0, 0.1) is 13.8 Å². The van der Waals surface area contributed by atoms with Crippen molar-refractivity contribution in [2.75, 3.05) is 0 Å². The molecule has 0 atom stereocenters. The van der Waals surface area contributed by atoms with Crippen LogP contribution in [0.2, 0.25) is 10.0 Å². The Morgan fingerprint density at radius 1 is 0.812 bits per heavy atom. The zero-order chi connectivity index (χ0) is 11.7. The molecule has 2 rings (SSSR count). The number of rotatable bonds is 1. The summed E-state index contributed by atoms with van der Waals surface area (Å²) in [4.78, 5) is 0. The molecule has 0 amide bonds. The average Bonchev–Trinajstić information content (AvgIpc) is 2.24. The lowest BCUT2D eigenvalue weighted by molar-refractivity contribution is 1.42. The SMILES string of the molecule is Cc1ccccc1-c1cc(Cl)cc(C)c1Cl. The predicted octanol–water partition coefficient (Wildman–Crippen LogP) is 5.28. The zero-order valence-corrected chi connectivity index (χ0v) is 10.7. The fourth-order valence-electron chi connectivity index (χ4n) is 1.80. The molecule has 0 fully saturated rings. The van der Waals surface area contributed by atoms with E-state index < -0.39 is 0 Å². The molecule has 0 radical (unpaired) electrons. The highest BCUT2D eigenvalue weighted by Crippen LogP contribution is 2.34. The van der Waals surface area contributed by atoms with Gasteiger partial charge in [-0.25, -0.2) is 0 Å². The Kier molecular flexibility index (Phi) is 3.22. The van der Waals surface area contributed by atoms with Crippen molar-refractivity contribution in [2.24, 2.45) is 0 Å². The first-order valence-corrected chi connectivity index (χ1v) is 5.87. The summed E-state index contributed by atoms with van der Waals surface area (Å²) in [6.07, 6.45) is 0. The van der Waals surface area contributed by atoms with Gasteiger partial charge in [-0.15, -0.1) is 0 Å². The monoisotopic (exact) mass is 250 g/mol. The van der Waals surface area contributed by atoms with Crippen LogP contribution in [0.15, 0.2) is 36.4 Å². The van der Waals surface area contributed by atoms with Crippen LogP contribution in [0.25, 0.3) is 11.1 Å². The van der Waals surface area contributed by atoms with E-state index in [9.17, 15) is 0 Å². The van der Waals surface area contributed by atoms with E-state index in [1.807, 2.05) is 31.2 Å². The van der Waals surface area contributed by atoms with E-state index in [2.05, 4.69) is 19.1 Å². The quantitative estimate of drug-likeness (QED) is 0.647. The second kappa shape index (κ2) is 4.48. The van der Waals surface area contributed by atoms with Gasteiger partial charge in [-0.05, 0) is 42.7 Å². The van der Waals surface area contributed by atoms with Gasteiger partial charge < -0.3 is 0 Å². The molecule has 2 aromatic carbocycles. The molecular weight excluding hydrogens is 239 g/mol. The van der Waals surface area contributed by atoms with Crippen molar-refractivity contribution in [1.82, 2.24) is 0 Å². The predicted molar refractivity (Wildman–Crippen MR) is 71.4 cm³/mol. The Balaban J connectivity index is 2.69. The molecule has 0 nitrogen and oxygen atoms in total. The molecule has 0 heterocycles. The minimum absolute atomic E-state index is 0.722. The summed E-state index contributed by atoms with van der Waals surface area (Å²) < 4.78 is 0. The number of hydrogen-bond donors (Lipinski definition) is 0. The van der Waals surface area contributed by atoms with Crippen LogP contribution < -0.4 is 0 Å². The van der Waals surface area contributed by atoms with Gasteiger partial charge in [0.25, 0.3) is 0 Å². The normalized spacial score (nSPS) is 10.5. The van der Waals surface area contributed by atoms with Gasteiger partial charge in [-0.3, -0.25) is 0 Å². The van der Waals surface area contributed by atoms with Gasteiger partial charge in [0.05, 0.1) is 5.02 Å². The molecule has 0 spiro atoms. The molecule has 0 N–H and O–H groups in total. The first-order valence-electron chi connectivity index (χ1n) is 5.11. The van der Waals surface area contributed by atoms with Crippen molar-refractivity contribution in [3.8, 4) is 11.1 Å². The van der Waals surface area contributed by atoms with Crippen LogP contribution in [0.1, 0.15) is 11.1 Å². The van der Waals surface area contributed by atoms with E-state index in [4.69, 9.17) is 23.2 Å². The Hall–Kier alpha value is -0.980. The number of halogens is 2. The second-order valence-electron chi connectivity index (χ2n) is 3.90.